The van der Waals surface area contributed by atoms with Gasteiger partial charge >= 0.3 is 6.09 Å². The predicted octanol–water partition coefficient (Wildman–Crippen LogP) is 5.76. The Balaban J connectivity index is 2.03. The maximum Gasteiger partial charge on any atom is 0.408 e. The monoisotopic (exact) mass is 575 g/mol. The molecule has 0 fully saturated rings. The van der Waals surface area contributed by atoms with Crippen LogP contribution < -0.4 is 15.4 Å². The van der Waals surface area contributed by atoms with Crippen LogP contribution in [0.3, 0.4) is 0 Å². The van der Waals surface area contributed by atoms with Gasteiger partial charge in [-0.3, -0.25) is 9.59 Å². The van der Waals surface area contributed by atoms with E-state index >= 15 is 0 Å². The molecule has 3 aromatic rings. The van der Waals surface area contributed by atoms with E-state index in [1.807, 2.05) is 45.0 Å². The van der Waals surface area contributed by atoms with Crippen LogP contribution in [-0.4, -0.2) is 52.7 Å². The molecule has 0 saturated carbocycles. The van der Waals surface area contributed by atoms with Crippen molar-refractivity contribution in [1.82, 2.24) is 10.2 Å². The molecule has 2 unspecified atom stereocenters. The minimum absolute atomic E-state index is 0.0835. The zero-order valence-corrected chi connectivity index (χ0v) is 25.3. The second-order valence-electron chi connectivity index (χ2n) is 11.4. The lowest BCUT2D eigenvalue weighted by Crippen LogP contribution is -2.55. The molecule has 42 heavy (non-hydrogen) atoms. The minimum atomic E-state index is -1.06. The fourth-order valence-electron chi connectivity index (χ4n) is 4.45. The molecule has 0 heterocycles. The molecule has 0 bridgehead atoms. The van der Waals surface area contributed by atoms with Gasteiger partial charge in [0.2, 0.25) is 5.91 Å². The fourth-order valence-corrected chi connectivity index (χ4v) is 4.45. The number of methoxy groups -OCH3 is 1. The van der Waals surface area contributed by atoms with Gasteiger partial charge in [0.15, 0.2) is 0 Å². The van der Waals surface area contributed by atoms with E-state index < -0.39 is 41.6 Å². The van der Waals surface area contributed by atoms with E-state index in [1.54, 1.807) is 64.3 Å². The molecule has 0 radical (unpaired) electrons. The van der Waals surface area contributed by atoms with Crippen molar-refractivity contribution >= 4 is 23.6 Å². The molecule has 0 spiro atoms. The maximum absolute atomic E-state index is 14.4. The van der Waals surface area contributed by atoms with Crippen molar-refractivity contribution in [2.75, 3.05) is 12.4 Å². The maximum atomic E-state index is 14.4. The zero-order valence-electron chi connectivity index (χ0n) is 25.3. The highest BCUT2D eigenvalue weighted by molar-refractivity contribution is 5.99. The lowest BCUT2D eigenvalue weighted by molar-refractivity contribution is -0.142. The van der Waals surface area contributed by atoms with Crippen LogP contribution in [0.2, 0.25) is 0 Å². The number of aryl methyl sites for hydroxylation is 1. The topological polar surface area (TPSA) is 117 Å². The molecule has 0 saturated heterocycles. The SMILES string of the molecule is COc1ccc(NC(=O)C(c2ccc(C)cc2)N(C(=O)C(Cc2ccc(O)cc2)NC(=O)OC(C)(C)C)C(C)C)cc1. The second-order valence-corrected chi connectivity index (χ2v) is 11.4. The van der Waals surface area contributed by atoms with Gasteiger partial charge in [-0.05, 0) is 89.1 Å². The van der Waals surface area contributed by atoms with E-state index in [2.05, 4.69) is 10.6 Å². The first-order valence-corrected chi connectivity index (χ1v) is 13.9. The number of anilines is 1. The summed E-state index contributed by atoms with van der Waals surface area (Å²) in [5.74, 6) is -0.140. The van der Waals surface area contributed by atoms with E-state index in [-0.39, 0.29) is 12.2 Å². The third-order valence-electron chi connectivity index (χ3n) is 6.45. The number of nitrogens with one attached hydrogen (secondary N) is 2. The highest BCUT2D eigenvalue weighted by atomic mass is 16.6. The molecule has 0 aliphatic rings. The van der Waals surface area contributed by atoms with Gasteiger partial charge in [0.25, 0.3) is 5.91 Å². The number of phenolic OH excluding ortho intramolecular Hbond substituents is 1. The first kappa shape index (κ1) is 32.0. The largest absolute Gasteiger partial charge is 0.508 e. The van der Waals surface area contributed by atoms with Crippen molar-refractivity contribution in [1.29, 1.82) is 0 Å². The Morgan fingerprint density at radius 3 is 2.02 bits per heavy atom. The number of benzene rings is 3. The number of hydrogen-bond acceptors (Lipinski definition) is 6. The van der Waals surface area contributed by atoms with E-state index in [0.717, 1.165) is 5.56 Å². The lowest BCUT2D eigenvalue weighted by atomic mass is 9.98. The van der Waals surface area contributed by atoms with Crippen molar-refractivity contribution in [3.8, 4) is 11.5 Å². The molecule has 0 aliphatic carbocycles. The van der Waals surface area contributed by atoms with Crippen molar-refractivity contribution in [2.24, 2.45) is 0 Å². The first-order valence-electron chi connectivity index (χ1n) is 13.9. The van der Waals surface area contributed by atoms with Crippen LogP contribution in [0.1, 0.15) is 57.4 Å². The van der Waals surface area contributed by atoms with Gasteiger partial charge in [0.05, 0.1) is 7.11 Å². The molecule has 3 amide bonds. The Morgan fingerprint density at radius 1 is 0.905 bits per heavy atom. The summed E-state index contributed by atoms with van der Waals surface area (Å²) in [7, 11) is 1.56. The summed E-state index contributed by atoms with van der Waals surface area (Å²) in [6.45, 7) is 10.8. The molecule has 3 rings (SSSR count). The summed E-state index contributed by atoms with van der Waals surface area (Å²) < 4.78 is 10.7. The fraction of sp³-hybridized carbons (Fsp3) is 0.364. The minimum Gasteiger partial charge on any atom is -0.508 e. The molecular formula is C33H41N3O6. The number of nitrogens with zero attached hydrogens (tertiary/aromatic N) is 1. The van der Waals surface area contributed by atoms with E-state index in [0.29, 0.717) is 22.6 Å². The standard InChI is InChI=1S/C33H41N3O6/c1-21(2)36(31(39)28(35-32(40)42-33(4,5)6)20-23-10-16-26(37)17-11-23)29(24-12-8-22(3)9-13-24)30(38)34-25-14-18-27(41-7)19-15-25/h8-19,21,28-29,37H,20H2,1-7H3,(H,34,38)(H,35,40). The predicted molar refractivity (Wildman–Crippen MR) is 162 cm³/mol. The number of carbonyl (C=O) groups is 3. The Morgan fingerprint density at radius 2 is 1.50 bits per heavy atom. The van der Waals surface area contributed by atoms with Gasteiger partial charge in [-0.25, -0.2) is 4.79 Å². The highest BCUT2D eigenvalue weighted by Crippen LogP contribution is 2.28. The number of amides is 3. The van der Waals surface area contributed by atoms with Gasteiger partial charge in [-0.2, -0.15) is 0 Å². The van der Waals surface area contributed by atoms with Crippen LogP contribution in [0.15, 0.2) is 72.8 Å². The second kappa shape index (κ2) is 13.9. The summed E-state index contributed by atoms with van der Waals surface area (Å²) in [6, 6.07) is 18.2. The molecule has 0 aromatic heterocycles. The smallest absolute Gasteiger partial charge is 0.408 e. The molecule has 0 aliphatic heterocycles. The van der Waals surface area contributed by atoms with Crippen LogP contribution in [0.4, 0.5) is 10.5 Å². The van der Waals surface area contributed by atoms with E-state index in [4.69, 9.17) is 9.47 Å². The highest BCUT2D eigenvalue weighted by Gasteiger charge is 2.38. The lowest BCUT2D eigenvalue weighted by Gasteiger charge is -2.37. The van der Waals surface area contributed by atoms with Gasteiger partial charge < -0.3 is 30.1 Å². The van der Waals surface area contributed by atoms with E-state index in [1.165, 1.54) is 17.0 Å². The van der Waals surface area contributed by atoms with E-state index in [9.17, 15) is 19.5 Å². The first-order chi connectivity index (χ1) is 19.8. The zero-order chi connectivity index (χ0) is 31.0. The number of phenols is 1. The van der Waals surface area contributed by atoms with Crippen molar-refractivity contribution in [3.63, 3.8) is 0 Å². The summed E-state index contributed by atoms with van der Waals surface area (Å²) in [5, 5.41) is 15.4. The number of carbonyl (C=O) groups excluding carboxylic acids is 3. The van der Waals surface area contributed by atoms with Gasteiger partial charge in [-0.15, -0.1) is 0 Å². The van der Waals surface area contributed by atoms with Crippen LogP contribution in [0.5, 0.6) is 11.5 Å². The molecule has 9 nitrogen and oxygen atoms in total. The molecule has 9 heteroatoms. The quantitative estimate of drug-likeness (QED) is 0.283. The van der Waals surface area contributed by atoms with Crippen LogP contribution in [0.25, 0.3) is 0 Å². The molecule has 2 atom stereocenters. The average molecular weight is 576 g/mol. The number of rotatable bonds is 10. The summed E-state index contributed by atoms with van der Waals surface area (Å²) in [4.78, 5) is 42.7. The Hall–Kier alpha value is -4.53. The number of hydrogen-bond donors (Lipinski definition) is 3. The summed E-state index contributed by atoms with van der Waals surface area (Å²) in [5.41, 5.74) is 2.10. The Kier molecular flexibility index (Phi) is 10.6. The third-order valence-corrected chi connectivity index (χ3v) is 6.45. The number of alkyl carbamates (subject to hydrolysis) is 1. The van der Waals surface area contributed by atoms with Crippen LogP contribution in [0, 0.1) is 6.92 Å². The number of ether oxygens (including phenoxy) is 2. The normalized spacial score (nSPS) is 12.7. The summed E-state index contributed by atoms with van der Waals surface area (Å²) >= 11 is 0. The van der Waals surface area contributed by atoms with Crippen molar-refractivity contribution in [2.45, 2.75) is 71.7 Å². The summed E-state index contributed by atoms with van der Waals surface area (Å²) in [6.07, 6.45) is -0.639. The Labute approximate surface area is 247 Å². The van der Waals surface area contributed by atoms with Gasteiger partial charge in [-0.1, -0.05) is 42.0 Å². The van der Waals surface area contributed by atoms with Crippen LogP contribution >= 0.6 is 0 Å². The van der Waals surface area contributed by atoms with Crippen molar-refractivity contribution in [3.05, 3.63) is 89.5 Å². The Bertz CT molecular complexity index is 1350. The average Bonchev–Trinajstić information content (AvgIpc) is 2.92. The number of aromatic hydroxyl groups is 1. The van der Waals surface area contributed by atoms with Crippen molar-refractivity contribution < 1.29 is 29.0 Å². The molecular weight excluding hydrogens is 534 g/mol. The van der Waals surface area contributed by atoms with Gasteiger partial charge in [0, 0.05) is 18.2 Å². The molecule has 3 N–H and O–H groups in total. The molecule has 224 valence electrons. The third kappa shape index (κ3) is 8.99. The van der Waals surface area contributed by atoms with Gasteiger partial charge in [0.1, 0.15) is 29.2 Å². The molecule has 3 aromatic carbocycles. The van der Waals surface area contributed by atoms with Crippen LogP contribution in [-0.2, 0) is 20.7 Å².